The fourth-order valence-electron chi connectivity index (χ4n) is 1.68. The molecular weight excluding hydrogens is 373 g/mol. The number of nitro benzene ring substituents is 1. The van der Waals surface area contributed by atoms with Gasteiger partial charge in [0.15, 0.2) is 0 Å². The van der Waals surface area contributed by atoms with Crippen LogP contribution in [0.4, 0.5) is 5.69 Å². The topological polar surface area (TPSA) is 61.6 Å². The molecule has 0 bridgehead atoms. The number of ether oxygens (including phenoxy) is 2. The van der Waals surface area contributed by atoms with Crippen LogP contribution < -0.4 is 9.47 Å². The van der Waals surface area contributed by atoms with Gasteiger partial charge in [-0.25, -0.2) is 0 Å². The van der Waals surface area contributed by atoms with Gasteiger partial charge >= 0.3 is 0 Å². The molecule has 0 radical (unpaired) electrons. The lowest BCUT2D eigenvalue weighted by atomic mass is 10.2. The maximum absolute atomic E-state index is 10.8. The number of non-ortho nitro benzene ring substituents is 1. The zero-order valence-corrected chi connectivity index (χ0v) is 12.9. The molecule has 104 valence electrons. The van der Waals surface area contributed by atoms with Crippen LogP contribution in [-0.4, -0.2) is 12.0 Å². The van der Waals surface area contributed by atoms with E-state index in [9.17, 15) is 10.1 Å². The van der Waals surface area contributed by atoms with Gasteiger partial charge in [0.2, 0.25) is 0 Å². The number of hydrogen-bond acceptors (Lipinski definition) is 4. The summed E-state index contributed by atoms with van der Waals surface area (Å²) in [5.41, 5.74) is 0.660. The Morgan fingerprint density at radius 3 is 2.50 bits per heavy atom. The summed E-state index contributed by atoms with van der Waals surface area (Å²) in [7, 11) is 1.52. The zero-order valence-electron chi connectivity index (χ0n) is 10.7. The van der Waals surface area contributed by atoms with Crippen LogP contribution in [0.5, 0.6) is 11.5 Å². The second-order valence-corrected chi connectivity index (χ2v) is 5.24. The Bertz CT molecular complexity index is 613. The van der Waals surface area contributed by atoms with Crippen LogP contribution >= 0.6 is 22.6 Å². The molecule has 0 saturated heterocycles. The summed E-state index contributed by atoms with van der Waals surface area (Å²) >= 11 is 2.21. The van der Waals surface area contributed by atoms with Gasteiger partial charge in [0, 0.05) is 21.3 Å². The summed E-state index contributed by atoms with van der Waals surface area (Å²) in [5, 5.41) is 10.8. The third kappa shape index (κ3) is 3.60. The largest absolute Gasteiger partial charge is 0.496 e. The Hall–Kier alpha value is -1.83. The van der Waals surface area contributed by atoms with Crippen LogP contribution in [0.2, 0.25) is 0 Å². The van der Waals surface area contributed by atoms with Crippen LogP contribution in [0.25, 0.3) is 0 Å². The van der Waals surface area contributed by atoms with Crippen molar-refractivity contribution in [3.63, 3.8) is 0 Å². The molecule has 5 nitrogen and oxygen atoms in total. The fraction of sp³-hybridized carbons (Fsp3) is 0.143. The van der Waals surface area contributed by atoms with Gasteiger partial charge in [-0.3, -0.25) is 10.1 Å². The molecule has 0 aromatic heterocycles. The number of benzene rings is 2. The molecule has 0 unspecified atom stereocenters. The van der Waals surface area contributed by atoms with Gasteiger partial charge in [-0.1, -0.05) is 0 Å². The van der Waals surface area contributed by atoms with Crippen molar-refractivity contribution in [1.29, 1.82) is 0 Å². The Balaban J connectivity index is 2.16. The lowest BCUT2D eigenvalue weighted by Gasteiger charge is -2.10. The normalized spacial score (nSPS) is 10.1. The van der Waals surface area contributed by atoms with E-state index in [1.807, 2.05) is 24.3 Å². The molecule has 0 fully saturated rings. The van der Waals surface area contributed by atoms with Crippen LogP contribution in [0, 0.1) is 13.7 Å². The summed E-state index contributed by atoms with van der Waals surface area (Å²) in [4.78, 5) is 10.4. The summed E-state index contributed by atoms with van der Waals surface area (Å²) in [6.07, 6.45) is 0. The van der Waals surface area contributed by atoms with Crippen LogP contribution in [0.1, 0.15) is 5.56 Å². The van der Waals surface area contributed by atoms with E-state index >= 15 is 0 Å². The molecule has 0 spiro atoms. The van der Waals surface area contributed by atoms with Crippen molar-refractivity contribution in [2.24, 2.45) is 0 Å². The predicted octanol–water partition coefficient (Wildman–Crippen LogP) is 3.79. The van der Waals surface area contributed by atoms with Gasteiger partial charge in [-0.05, 0) is 52.9 Å². The van der Waals surface area contributed by atoms with Crippen molar-refractivity contribution >= 4 is 28.3 Å². The third-order valence-corrected chi connectivity index (χ3v) is 3.40. The molecule has 2 aromatic carbocycles. The fourth-order valence-corrected chi connectivity index (χ4v) is 2.04. The van der Waals surface area contributed by atoms with E-state index in [4.69, 9.17) is 9.47 Å². The number of rotatable bonds is 5. The number of methoxy groups -OCH3 is 1. The van der Waals surface area contributed by atoms with E-state index in [1.165, 1.54) is 19.2 Å². The van der Waals surface area contributed by atoms with Crippen molar-refractivity contribution in [2.45, 2.75) is 6.61 Å². The first-order chi connectivity index (χ1) is 9.60. The molecule has 2 aromatic rings. The smallest absolute Gasteiger partial charge is 0.270 e. The van der Waals surface area contributed by atoms with E-state index in [2.05, 4.69) is 22.6 Å². The number of hydrogen-bond donors (Lipinski definition) is 0. The summed E-state index contributed by atoms with van der Waals surface area (Å²) in [5.74, 6) is 1.28. The predicted molar refractivity (Wildman–Crippen MR) is 83.1 cm³/mol. The highest BCUT2D eigenvalue weighted by Gasteiger charge is 2.11. The first-order valence-corrected chi connectivity index (χ1v) is 6.87. The van der Waals surface area contributed by atoms with E-state index in [1.54, 1.807) is 6.07 Å². The number of nitrogens with zero attached hydrogens (tertiary/aromatic N) is 1. The second-order valence-electron chi connectivity index (χ2n) is 4.00. The molecular formula is C14H12INO4. The van der Waals surface area contributed by atoms with Gasteiger partial charge < -0.3 is 9.47 Å². The molecule has 0 amide bonds. The van der Waals surface area contributed by atoms with E-state index < -0.39 is 4.92 Å². The third-order valence-electron chi connectivity index (χ3n) is 2.68. The highest BCUT2D eigenvalue weighted by molar-refractivity contribution is 14.1. The number of nitro groups is 1. The van der Waals surface area contributed by atoms with Crippen LogP contribution in [0.3, 0.4) is 0 Å². The Morgan fingerprint density at radius 1 is 1.20 bits per heavy atom. The molecule has 0 aliphatic heterocycles. The van der Waals surface area contributed by atoms with E-state index in [-0.39, 0.29) is 12.3 Å². The van der Waals surface area contributed by atoms with Gasteiger partial charge in [0.25, 0.3) is 5.69 Å². The first-order valence-electron chi connectivity index (χ1n) is 5.80. The first kappa shape index (κ1) is 14.6. The monoisotopic (exact) mass is 385 g/mol. The quantitative estimate of drug-likeness (QED) is 0.447. The summed E-state index contributed by atoms with van der Waals surface area (Å²) in [6, 6.07) is 12.0. The Kier molecular flexibility index (Phi) is 4.78. The summed E-state index contributed by atoms with van der Waals surface area (Å²) < 4.78 is 11.9. The lowest BCUT2D eigenvalue weighted by molar-refractivity contribution is -0.385. The minimum atomic E-state index is -0.437. The molecule has 0 heterocycles. The molecule has 6 heteroatoms. The van der Waals surface area contributed by atoms with E-state index in [0.717, 1.165) is 3.57 Å². The molecule has 2 rings (SSSR count). The molecule has 0 atom stereocenters. The molecule has 20 heavy (non-hydrogen) atoms. The Morgan fingerprint density at radius 2 is 1.90 bits per heavy atom. The van der Waals surface area contributed by atoms with Crippen molar-refractivity contribution < 1.29 is 14.4 Å². The SMILES string of the molecule is COc1ccc([N+](=O)[O-])cc1COc1ccc(I)cc1. The van der Waals surface area contributed by atoms with E-state index in [0.29, 0.717) is 17.1 Å². The molecule has 0 aliphatic rings. The minimum absolute atomic E-state index is 0.0204. The zero-order chi connectivity index (χ0) is 14.5. The standard InChI is InChI=1S/C14H12INO4/c1-19-14-7-4-12(16(17)18)8-10(14)9-20-13-5-2-11(15)3-6-13/h2-8H,9H2,1H3. The number of halogens is 1. The van der Waals surface area contributed by atoms with Crippen LogP contribution in [0.15, 0.2) is 42.5 Å². The maximum Gasteiger partial charge on any atom is 0.270 e. The van der Waals surface area contributed by atoms with Crippen molar-refractivity contribution in [3.05, 3.63) is 61.7 Å². The highest BCUT2D eigenvalue weighted by Crippen LogP contribution is 2.25. The Labute approximate surface area is 129 Å². The highest BCUT2D eigenvalue weighted by atomic mass is 127. The van der Waals surface area contributed by atoms with Gasteiger partial charge in [0.05, 0.1) is 12.0 Å². The van der Waals surface area contributed by atoms with Gasteiger partial charge in [-0.15, -0.1) is 0 Å². The molecule has 0 saturated carbocycles. The average molecular weight is 385 g/mol. The lowest BCUT2D eigenvalue weighted by Crippen LogP contribution is -2.00. The second kappa shape index (κ2) is 6.56. The minimum Gasteiger partial charge on any atom is -0.496 e. The van der Waals surface area contributed by atoms with Crippen molar-refractivity contribution in [1.82, 2.24) is 0 Å². The van der Waals surface area contributed by atoms with Crippen LogP contribution in [-0.2, 0) is 6.61 Å². The molecule has 0 aliphatic carbocycles. The maximum atomic E-state index is 10.8. The van der Waals surface area contributed by atoms with Crippen molar-refractivity contribution in [3.8, 4) is 11.5 Å². The van der Waals surface area contributed by atoms with Gasteiger partial charge in [-0.2, -0.15) is 0 Å². The summed E-state index contributed by atoms with van der Waals surface area (Å²) in [6.45, 7) is 0.214. The molecule has 0 N–H and O–H groups in total. The average Bonchev–Trinajstić information content (AvgIpc) is 2.46. The van der Waals surface area contributed by atoms with Gasteiger partial charge in [0.1, 0.15) is 18.1 Å². The van der Waals surface area contributed by atoms with Crippen molar-refractivity contribution in [2.75, 3.05) is 7.11 Å².